The predicted molar refractivity (Wildman–Crippen MR) is 63.6 cm³/mol. The Bertz CT molecular complexity index is 593. The number of hydrogen-bond donors (Lipinski definition) is 4. The lowest BCUT2D eigenvalue weighted by Crippen LogP contribution is -2.39. The fourth-order valence-corrected chi connectivity index (χ4v) is 1.48. The number of nitrogens with two attached hydrogens (primary N) is 1. The second-order valence-corrected chi connectivity index (χ2v) is 3.80. The van der Waals surface area contributed by atoms with Gasteiger partial charge in [-0.1, -0.05) is 0 Å². The molecule has 2 amide bonds. The highest BCUT2D eigenvalue weighted by molar-refractivity contribution is 5.98. The molecule has 0 saturated carbocycles. The molecule has 0 saturated heterocycles. The number of carbonyl (C=O) groups excluding carboxylic acids is 2. The van der Waals surface area contributed by atoms with Gasteiger partial charge in [-0.05, 0) is 18.2 Å². The zero-order chi connectivity index (χ0) is 13.1. The molecule has 2 aromatic rings. The van der Waals surface area contributed by atoms with E-state index in [1.54, 1.807) is 24.4 Å². The van der Waals surface area contributed by atoms with Crippen molar-refractivity contribution in [1.29, 1.82) is 0 Å². The summed E-state index contributed by atoms with van der Waals surface area (Å²) in [4.78, 5) is 22.3. The molecule has 94 valence electrons. The molecular formula is C11H12N4O3. The molecule has 1 atom stereocenters. The topological polar surface area (TPSA) is 121 Å². The lowest BCUT2D eigenvalue weighted by atomic mass is 10.1. The number of fused-ring (bicyclic) bond motifs is 1. The van der Waals surface area contributed by atoms with Crippen LogP contribution in [0.1, 0.15) is 10.4 Å². The summed E-state index contributed by atoms with van der Waals surface area (Å²) in [6.45, 7) is -0.211. The molecule has 1 aromatic heterocycles. The fourth-order valence-electron chi connectivity index (χ4n) is 1.48. The summed E-state index contributed by atoms with van der Waals surface area (Å²) in [6.07, 6.45) is 0.219. The SMILES string of the molecule is NC(=O)C(O)CNC(=O)c1ccc2[nH]ncc2c1. The van der Waals surface area contributed by atoms with Gasteiger partial charge in [0, 0.05) is 10.9 Å². The summed E-state index contributed by atoms with van der Waals surface area (Å²) >= 11 is 0. The minimum Gasteiger partial charge on any atom is -0.381 e. The van der Waals surface area contributed by atoms with Crippen LogP contribution < -0.4 is 11.1 Å². The molecule has 1 aromatic carbocycles. The normalized spacial score (nSPS) is 12.3. The van der Waals surface area contributed by atoms with Crippen LogP contribution in [0.15, 0.2) is 24.4 Å². The molecule has 0 bridgehead atoms. The Balaban J connectivity index is 2.06. The Labute approximate surface area is 102 Å². The molecule has 1 heterocycles. The van der Waals surface area contributed by atoms with Crippen molar-refractivity contribution in [1.82, 2.24) is 15.5 Å². The van der Waals surface area contributed by atoms with Crippen molar-refractivity contribution in [3.05, 3.63) is 30.0 Å². The van der Waals surface area contributed by atoms with Crippen LogP contribution in [-0.4, -0.2) is 39.8 Å². The average molecular weight is 248 g/mol. The highest BCUT2D eigenvalue weighted by Crippen LogP contribution is 2.12. The molecule has 2 rings (SSSR count). The summed E-state index contributed by atoms with van der Waals surface area (Å²) in [5.74, 6) is -1.26. The number of aromatic nitrogens is 2. The van der Waals surface area contributed by atoms with Gasteiger partial charge in [0.2, 0.25) is 5.91 Å². The Morgan fingerprint density at radius 2 is 2.28 bits per heavy atom. The highest BCUT2D eigenvalue weighted by atomic mass is 16.3. The summed E-state index contributed by atoms with van der Waals surface area (Å²) in [7, 11) is 0. The van der Waals surface area contributed by atoms with Crippen molar-refractivity contribution in [2.75, 3.05) is 6.54 Å². The second-order valence-electron chi connectivity index (χ2n) is 3.80. The number of hydrogen-bond acceptors (Lipinski definition) is 4. The monoisotopic (exact) mass is 248 g/mol. The molecular weight excluding hydrogens is 236 g/mol. The highest BCUT2D eigenvalue weighted by Gasteiger charge is 2.13. The van der Waals surface area contributed by atoms with E-state index in [1.807, 2.05) is 0 Å². The van der Waals surface area contributed by atoms with Gasteiger partial charge in [0.05, 0.1) is 18.3 Å². The Hall–Kier alpha value is -2.41. The predicted octanol–water partition coefficient (Wildman–Crippen LogP) is -0.861. The Kier molecular flexibility index (Phi) is 3.24. The van der Waals surface area contributed by atoms with Crippen molar-refractivity contribution < 1.29 is 14.7 Å². The number of nitrogens with one attached hydrogen (secondary N) is 2. The first kappa shape index (κ1) is 12.1. The van der Waals surface area contributed by atoms with Crippen LogP contribution in [0.5, 0.6) is 0 Å². The van der Waals surface area contributed by atoms with Crippen LogP contribution in [0.2, 0.25) is 0 Å². The molecule has 7 nitrogen and oxygen atoms in total. The number of aliphatic hydroxyl groups excluding tert-OH is 1. The van der Waals surface area contributed by atoms with E-state index >= 15 is 0 Å². The van der Waals surface area contributed by atoms with E-state index in [-0.39, 0.29) is 6.54 Å². The van der Waals surface area contributed by atoms with Crippen LogP contribution in [-0.2, 0) is 4.79 Å². The molecule has 0 fully saturated rings. The minimum absolute atomic E-state index is 0.211. The quantitative estimate of drug-likeness (QED) is 0.562. The largest absolute Gasteiger partial charge is 0.381 e. The van der Waals surface area contributed by atoms with E-state index < -0.39 is 17.9 Å². The molecule has 0 aliphatic rings. The van der Waals surface area contributed by atoms with Gasteiger partial charge in [-0.25, -0.2) is 0 Å². The molecule has 0 spiro atoms. The second kappa shape index (κ2) is 4.84. The van der Waals surface area contributed by atoms with Crippen molar-refractivity contribution in [3.63, 3.8) is 0 Å². The van der Waals surface area contributed by atoms with E-state index in [4.69, 9.17) is 10.8 Å². The third-order valence-corrected chi connectivity index (χ3v) is 2.49. The van der Waals surface area contributed by atoms with Crippen LogP contribution in [0.4, 0.5) is 0 Å². The van der Waals surface area contributed by atoms with Gasteiger partial charge in [-0.2, -0.15) is 5.10 Å². The maximum atomic E-state index is 11.7. The van der Waals surface area contributed by atoms with E-state index in [1.165, 1.54) is 0 Å². The first-order valence-corrected chi connectivity index (χ1v) is 5.26. The maximum absolute atomic E-state index is 11.7. The Morgan fingerprint density at radius 1 is 1.50 bits per heavy atom. The molecule has 0 radical (unpaired) electrons. The van der Waals surface area contributed by atoms with E-state index in [0.717, 1.165) is 10.9 Å². The number of primary amides is 1. The van der Waals surface area contributed by atoms with E-state index in [2.05, 4.69) is 15.5 Å². The van der Waals surface area contributed by atoms with Crippen molar-refractivity contribution in [2.45, 2.75) is 6.10 Å². The molecule has 5 N–H and O–H groups in total. The smallest absolute Gasteiger partial charge is 0.251 e. The number of benzene rings is 1. The standard InChI is InChI=1S/C11H12N4O3/c12-10(17)9(16)5-13-11(18)6-1-2-8-7(3-6)4-14-15-8/h1-4,9,16H,5H2,(H2,12,17)(H,13,18)(H,14,15). The van der Waals surface area contributed by atoms with Crippen LogP contribution in [0.3, 0.4) is 0 Å². The van der Waals surface area contributed by atoms with Crippen molar-refractivity contribution in [3.8, 4) is 0 Å². The van der Waals surface area contributed by atoms with Gasteiger partial charge in [0.25, 0.3) is 5.91 Å². The van der Waals surface area contributed by atoms with Gasteiger partial charge >= 0.3 is 0 Å². The van der Waals surface area contributed by atoms with Gasteiger partial charge in [0.1, 0.15) is 6.10 Å². The third kappa shape index (κ3) is 2.46. The molecule has 7 heteroatoms. The number of aromatic amines is 1. The fraction of sp³-hybridized carbons (Fsp3) is 0.182. The summed E-state index contributed by atoms with van der Waals surface area (Å²) in [6, 6.07) is 5.00. The molecule has 0 aliphatic heterocycles. The first-order chi connectivity index (χ1) is 8.58. The maximum Gasteiger partial charge on any atom is 0.251 e. The van der Waals surface area contributed by atoms with E-state index in [0.29, 0.717) is 5.56 Å². The van der Waals surface area contributed by atoms with Gasteiger partial charge in [-0.15, -0.1) is 0 Å². The zero-order valence-corrected chi connectivity index (χ0v) is 9.38. The number of rotatable bonds is 4. The molecule has 0 aliphatic carbocycles. The van der Waals surface area contributed by atoms with Gasteiger partial charge in [-0.3, -0.25) is 14.7 Å². The van der Waals surface area contributed by atoms with Gasteiger partial charge in [0.15, 0.2) is 0 Å². The Morgan fingerprint density at radius 3 is 3.00 bits per heavy atom. The number of nitrogens with zero attached hydrogens (tertiary/aromatic N) is 1. The van der Waals surface area contributed by atoms with Crippen molar-refractivity contribution >= 4 is 22.7 Å². The number of carbonyl (C=O) groups is 2. The van der Waals surface area contributed by atoms with Gasteiger partial charge < -0.3 is 16.2 Å². The molecule has 18 heavy (non-hydrogen) atoms. The zero-order valence-electron chi connectivity index (χ0n) is 9.38. The lowest BCUT2D eigenvalue weighted by Gasteiger charge is -2.08. The number of aliphatic hydroxyl groups is 1. The molecule has 1 unspecified atom stereocenters. The summed E-state index contributed by atoms with van der Waals surface area (Å²) < 4.78 is 0. The minimum atomic E-state index is -1.38. The third-order valence-electron chi connectivity index (χ3n) is 2.49. The average Bonchev–Trinajstić information content (AvgIpc) is 2.82. The van der Waals surface area contributed by atoms with Crippen LogP contribution in [0, 0.1) is 0 Å². The lowest BCUT2D eigenvalue weighted by molar-refractivity contribution is -0.125. The number of H-pyrrole nitrogens is 1. The van der Waals surface area contributed by atoms with Crippen molar-refractivity contribution in [2.24, 2.45) is 5.73 Å². The summed E-state index contributed by atoms with van der Waals surface area (Å²) in [5.41, 5.74) is 6.11. The van der Waals surface area contributed by atoms with E-state index in [9.17, 15) is 9.59 Å². The number of amides is 2. The van der Waals surface area contributed by atoms with Crippen LogP contribution in [0.25, 0.3) is 10.9 Å². The first-order valence-electron chi connectivity index (χ1n) is 5.26. The van der Waals surface area contributed by atoms with Crippen LogP contribution >= 0.6 is 0 Å². The summed E-state index contributed by atoms with van der Waals surface area (Å²) in [5, 5.41) is 19.0.